The molecule has 0 aromatic heterocycles. The zero-order valence-corrected chi connectivity index (χ0v) is 12.3. The molecule has 0 spiro atoms. The third kappa shape index (κ3) is 3.36. The van der Waals surface area contributed by atoms with Crippen molar-refractivity contribution in [1.29, 1.82) is 5.26 Å². The molecule has 1 aromatic carbocycles. The molecule has 1 aliphatic rings. The number of piperidine rings is 1. The van der Waals surface area contributed by atoms with Gasteiger partial charge in [0.15, 0.2) is 0 Å². The van der Waals surface area contributed by atoms with Gasteiger partial charge in [-0.05, 0) is 55.9 Å². The second-order valence-electron chi connectivity index (χ2n) is 6.10. The second kappa shape index (κ2) is 6.21. The Morgan fingerprint density at radius 3 is 2.21 bits per heavy atom. The van der Waals surface area contributed by atoms with Crippen molar-refractivity contribution in [2.45, 2.75) is 38.5 Å². The topological polar surface area (TPSA) is 27.0 Å². The molecule has 1 aromatic rings. The van der Waals surface area contributed by atoms with E-state index in [1.165, 1.54) is 31.5 Å². The van der Waals surface area contributed by atoms with Gasteiger partial charge in [-0.15, -0.1) is 0 Å². The number of rotatable bonds is 3. The molecule has 0 N–H and O–H groups in total. The van der Waals surface area contributed by atoms with E-state index in [1.807, 2.05) is 0 Å². The van der Waals surface area contributed by atoms with Crippen molar-refractivity contribution in [3.8, 4) is 6.07 Å². The van der Waals surface area contributed by atoms with Crippen LogP contribution in [0.15, 0.2) is 24.3 Å². The first-order valence-corrected chi connectivity index (χ1v) is 7.30. The lowest BCUT2D eigenvalue weighted by molar-refractivity contribution is 0.255. The summed E-state index contributed by atoms with van der Waals surface area (Å²) in [5, 5.41) is 9.24. The molecule has 2 nitrogen and oxygen atoms in total. The molecule has 0 bridgehead atoms. The zero-order valence-electron chi connectivity index (χ0n) is 12.3. The van der Waals surface area contributed by atoms with E-state index in [-0.39, 0.29) is 5.92 Å². The van der Waals surface area contributed by atoms with E-state index < -0.39 is 0 Å². The Morgan fingerprint density at radius 1 is 1.16 bits per heavy atom. The summed E-state index contributed by atoms with van der Waals surface area (Å²) in [6.07, 6.45) is 2.50. The molecule has 19 heavy (non-hydrogen) atoms. The van der Waals surface area contributed by atoms with Crippen LogP contribution in [0.2, 0.25) is 0 Å². The monoisotopic (exact) mass is 256 g/mol. The maximum Gasteiger partial charge on any atom is 0.0735 e. The van der Waals surface area contributed by atoms with Gasteiger partial charge < -0.3 is 4.90 Å². The first-order chi connectivity index (χ1) is 9.11. The van der Waals surface area contributed by atoms with Gasteiger partial charge in [0.05, 0.1) is 12.0 Å². The number of nitriles is 1. The van der Waals surface area contributed by atoms with Gasteiger partial charge in [0.1, 0.15) is 0 Å². The van der Waals surface area contributed by atoms with Crippen LogP contribution in [0.25, 0.3) is 0 Å². The normalized spacial score (nSPS) is 19.3. The Balaban J connectivity index is 2.08. The predicted molar refractivity (Wildman–Crippen MR) is 79.1 cm³/mol. The molecule has 1 unspecified atom stereocenters. The largest absolute Gasteiger partial charge is 0.306 e. The fourth-order valence-electron chi connectivity index (χ4n) is 2.93. The van der Waals surface area contributed by atoms with Crippen molar-refractivity contribution < 1.29 is 0 Å². The van der Waals surface area contributed by atoms with E-state index in [4.69, 9.17) is 0 Å². The van der Waals surface area contributed by atoms with E-state index in [1.54, 1.807) is 0 Å². The molecule has 2 heteroatoms. The number of hydrogen-bond donors (Lipinski definition) is 0. The van der Waals surface area contributed by atoms with Gasteiger partial charge >= 0.3 is 0 Å². The summed E-state index contributed by atoms with van der Waals surface area (Å²) >= 11 is 0. The fourth-order valence-corrected chi connectivity index (χ4v) is 2.93. The van der Waals surface area contributed by atoms with Crippen LogP contribution < -0.4 is 0 Å². The highest BCUT2D eigenvalue weighted by atomic mass is 15.1. The van der Waals surface area contributed by atoms with E-state index in [0.29, 0.717) is 11.8 Å². The summed E-state index contributed by atoms with van der Waals surface area (Å²) in [5.41, 5.74) is 2.60. The van der Waals surface area contributed by atoms with Crippen molar-refractivity contribution in [1.82, 2.24) is 4.90 Å². The molecule has 1 saturated heterocycles. The lowest BCUT2D eigenvalue weighted by Gasteiger charge is -2.29. The van der Waals surface area contributed by atoms with Crippen LogP contribution >= 0.6 is 0 Å². The molecule has 102 valence electrons. The van der Waals surface area contributed by atoms with Gasteiger partial charge in [0, 0.05) is 0 Å². The average Bonchev–Trinajstić information content (AvgIpc) is 2.41. The molecular formula is C17H24N2. The summed E-state index contributed by atoms with van der Waals surface area (Å²) in [6, 6.07) is 11.2. The van der Waals surface area contributed by atoms with Gasteiger partial charge in [0.2, 0.25) is 0 Å². The van der Waals surface area contributed by atoms with E-state index in [0.717, 1.165) is 5.56 Å². The third-order valence-electron chi connectivity index (χ3n) is 4.29. The molecule has 0 radical (unpaired) electrons. The average molecular weight is 256 g/mol. The summed E-state index contributed by atoms with van der Waals surface area (Å²) in [6.45, 7) is 6.61. The molecule has 1 atom stereocenters. The molecular weight excluding hydrogens is 232 g/mol. The SMILES string of the molecule is CC(C)C(C#N)c1ccc(C2CCN(C)CC2)cc1. The molecule has 2 rings (SSSR count). The summed E-state index contributed by atoms with van der Waals surface area (Å²) < 4.78 is 0. The standard InChI is InChI=1S/C17H24N2/c1-13(2)17(12-18)16-6-4-14(5-7-16)15-8-10-19(3)11-9-15/h4-7,13,15,17H,8-11H2,1-3H3. The Morgan fingerprint density at radius 2 is 1.74 bits per heavy atom. The summed E-state index contributed by atoms with van der Waals surface area (Å²) in [4.78, 5) is 2.40. The highest BCUT2D eigenvalue weighted by Gasteiger charge is 2.19. The van der Waals surface area contributed by atoms with Gasteiger partial charge in [-0.2, -0.15) is 5.26 Å². The Kier molecular flexibility index (Phi) is 4.61. The van der Waals surface area contributed by atoms with Crippen LogP contribution in [0.3, 0.4) is 0 Å². The maximum absolute atomic E-state index is 9.24. The zero-order chi connectivity index (χ0) is 13.8. The Bertz CT molecular complexity index is 433. The van der Waals surface area contributed by atoms with Crippen molar-refractivity contribution in [2.24, 2.45) is 5.92 Å². The van der Waals surface area contributed by atoms with Crippen molar-refractivity contribution in [3.63, 3.8) is 0 Å². The lowest BCUT2D eigenvalue weighted by atomic mass is 9.86. The van der Waals surface area contributed by atoms with Crippen molar-refractivity contribution in [2.75, 3.05) is 20.1 Å². The number of likely N-dealkylation sites (tertiary alicyclic amines) is 1. The summed E-state index contributed by atoms with van der Waals surface area (Å²) in [7, 11) is 2.19. The van der Waals surface area contributed by atoms with Gasteiger partial charge in [0.25, 0.3) is 0 Å². The van der Waals surface area contributed by atoms with Gasteiger partial charge in [-0.3, -0.25) is 0 Å². The van der Waals surface area contributed by atoms with Crippen molar-refractivity contribution in [3.05, 3.63) is 35.4 Å². The number of nitrogens with zero attached hydrogens (tertiary/aromatic N) is 2. The van der Waals surface area contributed by atoms with Gasteiger partial charge in [-0.1, -0.05) is 38.1 Å². The van der Waals surface area contributed by atoms with Crippen LogP contribution in [0.4, 0.5) is 0 Å². The molecule has 1 heterocycles. The fraction of sp³-hybridized carbons (Fsp3) is 0.588. The van der Waals surface area contributed by atoms with Crippen LogP contribution in [0, 0.1) is 17.2 Å². The van der Waals surface area contributed by atoms with E-state index >= 15 is 0 Å². The van der Waals surface area contributed by atoms with E-state index in [9.17, 15) is 5.26 Å². The third-order valence-corrected chi connectivity index (χ3v) is 4.29. The minimum absolute atomic E-state index is 0.0199. The molecule has 0 aliphatic carbocycles. The first kappa shape index (κ1) is 14.1. The lowest BCUT2D eigenvalue weighted by Crippen LogP contribution is -2.29. The first-order valence-electron chi connectivity index (χ1n) is 7.30. The van der Waals surface area contributed by atoms with Crippen LogP contribution in [0.1, 0.15) is 49.7 Å². The Labute approximate surface area is 117 Å². The minimum atomic E-state index is 0.0199. The quantitative estimate of drug-likeness (QED) is 0.823. The second-order valence-corrected chi connectivity index (χ2v) is 6.10. The van der Waals surface area contributed by atoms with Crippen LogP contribution in [-0.2, 0) is 0 Å². The number of hydrogen-bond acceptors (Lipinski definition) is 2. The maximum atomic E-state index is 9.24. The highest BCUT2D eigenvalue weighted by molar-refractivity contribution is 5.31. The van der Waals surface area contributed by atoms with Crippen LogP contribution in [-0.4, -0.2) is 25.0 Å². The van der Waals surface area contributed by atoms with Crippen molar-refractivity contribution >= 4 is 0 Å². The Hall–Kier alpha value is -1.33. The molecule has 0 saturated carbocycles. The smallest absolute Gasteiger partial charge is 0.0735 e. The minimum Gasteiger partial charge on any atom is -0.306 e. The van der Waals surface area contributed by atoms with Crippen LogP contribution in [0.5, 0.6) is 0 Å². The summed E-state index contributed by atoms with van der Waals surface area (Å²) in [5.74, 6) is 1.09. The van der Waals surface area contributed by atoms with E-state index in [2.05, 4.69) is 56.1 Å². The molecule has 1 fully saturated rings. The number of benzene rings is 1. The predicted octanol–water partition coefficient (Wildman–Crippen LogP) is 3.76. The van der Waals surface area contributed by atoms with Gasteiger partial charge in [-0.25, -0.2) is 0 Å². The highest BCUT2D eigenvalue weighted by Crippen LogP contribution is 2.30. The molecule has 1 aliphatic heterocycles. The molecule has 0 amide bonds.